The van der Waals surface area contributed by atoms with Crippen molar-refractivity contribution in [1.82, 2.24) is 0 Å². The molecule has 0 aliphatic carbocycles. The quantitative estimate of drug-likeness (QED) is 0.813. The molecule has 0 heterocycles. The van der Waals surface area contributed by atoms with Gasteiger partial charge in [0, 0.05) is 4.47 Å². The van der Waals surface area contributed by atoms with E-state index < -0.39 is 0 Å². The minimum atomic E-state index is 0.678. The second-order valence-corrected chi connectivity index (χ2v) is 4.44. The average Bonchev–Trinajstić information content (AvgIpc) is 2.31. The molecule has 2 rings (SSSR count). The number of hydrogen-bond donors (Lipinski definition) is 0. The highest BCUT2D eigenvalue weighted by Crippen LogP contribution is 2.19. The van der Waals surface area contributed by atoms with Crippen LogP contribution in [0.4, 0.5) is 0 Å². The minimum absolute atomic E-state index is 0.678. The summed E-state index contributed by atoms with van der Waals surface area (Å²) >= 11 is 3.40. The molecule has 0 amide bonds. The van der Waals surface area contributed by atoms with Gasteiger partial charge in [-0.2, -0.15) is 5.26 Å². The molecule has 1 nitrogen and oxygen atoms in total. The number of nitriles is 1. The Morgan fingerprint density at radius 3 is 2.38 bits per heavy atom. The van der Waals surface area contributed by atoms with Crippen LogP contribution in [0.3, 0.4) is 0 Å². The number of benzene rings is 2. The van der Waals surface area contributed by atoms with Crippen LogP contribution in [0.15, 0.2) is 53.0 Å². The van der Waals surface area contributed by atoms with Gasteiger partial charge in [0.15, 0.2) is 0 Å². The molecule has 0 bridgehead atoms. The lowest BCUT2D eigenvalue weighted by atomic mass is 10.0. The monoisotopic (exact) mass is 271 g/mol. The Hall–Kier alpha value is -1.59. The Bertz CT molecular complexity index is 526. The zero-order valence-corrected chi connectivity index (χ0v) is 10.2. The van der Waals surface area contributed by atoms with Crippen molar-refractivity contribution in [2.45, 2.75) is 6.42 Å². The molecular formula is C14H10BrN. The first-order valence-corrected chi connectivity index (χ1v) is 5.81. The molecule has 0 saturated heterocycles. The fourth-order valence-electron chi connectivity index (χ4n) is 1.59. The van der Waals surface area contributed by atoms with Crippen LogP contribution < -0.4 is 0 Å². The van der Waals surface area contributed by atoms with E-state index in [1.807, 2.05) is 36.4 Å². The molecule has 0 N–H and O–H groups in total. The maximum Gasteiger partial charge on any atom is 0.100 e. The summed E-state index contributed by atoms with van der Waals surface area (Å²) in [7, 11) is 0. The Morgan fingerprint density at radius 2 is 1.75 bits per heavy atom. The van der Waals surface area contributed by atoms with E-state index in [1.54, 1.807) is 0 Å². The van der Waals surface area contributed by atoms with E-state index >= 15 is 0 Å². The van der Waals surface area contributed by atoms with Crippen LogP contribution in [0.1, 0.15) is 16.7 Å². The Morgan fingerprint density at radius 1 is 1.00 bits per heavy atom. The SMILES string of the molecule is N#Cc1ccc(Cc2ccccc2)cc1Br. The summed E-state index contributed by atoms with van der Waals surface area (Å²) in [6.07, 6.45) is 0.894. The van der Waals surface area contributed by atoms with Gasteiger partial charge in [-0.05, 0) is 45.6 Å². The van der Waals surface area contributed by atoms with Gasteiger partial charge in [0.25, 0.3) is 0 Å². The summed E-state index contributed by atoms with van der Waals surface area (Å²) in [4.78, 5) is 0. The molecule has 78 valence electrons. The van der Waals surface area contributed by atoms with E-state index in [9.17, 15) is 0 Å². The van der Waals surface area contributed by atoms with Gasteiger partial charge < -0.3 is 0 Å². The second-order valence-electron chi connectivity index (χ2n) is 3.59. The highest BCUT2D eigenvalue weighted by atomic mass is 79.9. The van der Waals surface area contributed by atoms with Crippen molar-refractivity contribution in [3.63, 3.8) is 0 Å². The summed E-state index contributed by atoms with van der Waals surface area (Å²) in [6.45, 7) is 0. The molecule has 0 radical (unpaired) electrons. The maximum atomic E-state index is 8.82. The number of rotatable bonds is 2. The fourth-order valence-corrected chi connectivity index (χ4v) is 2.11. The molecule has 2 aromatic rings. The summed E-state index contributed by atoms with van der Waals surface area (Å²) in [5.41, 5.74) is 3.16. The molecular weight excluding hydrogens is 262 g/mol. The molecule has 0 aliphatic heterocycles. The van der Waals surface area contributed by atoms with Gasteiger partial charge >= 0.3 is 0 Å². The molecule has 0 aliphatic rings. The lowest BCUT2D eigenvalue weighted by molar-refractivity contribution is 1.19. The standard InChI is InChI=1S/C14H10BrN/c15-14-9-12(6-7-13(14)10-16)8-11-4-2-1-3-5-11/h1-7,9H,8H2. The van der Waals surface area contributed by atoms with Crippen molar-refractivity contribution in [3.05, 3.63) is 69.7 Å². The molecule has 0 unspecified atom stereocenters. The van der Waals surface area contributed by atoms with E-state index in [-0.39, 0.29) is 0 Å². The van der Waals surface area contributed by atoms with Crippen LogP contribution in [-0.4, -0.2) is 0 Å². The zero-order valence-electron chi connectivity index (χ0n) is 8.65. The van der Waals surface area contributed by atoms with Gasteiger partial charge in [-0.15, -0.1) is 0 Å². The molecule has 0 spiro atoms. The van der Waals surface area contributed by atoms with Crippen LogP contribution in [0.25, 0.3) is 0 Å². The summed E-state index contributed by atoms with van der Waals surface area (Å²) in [6, 6.07) is 18.3. The first-order chi connectivity index (χ1) is 7.79. The molecule has 2 aromatic carbocycles. The normalized spacial score (nSPS) is 9.75. The molecule has 2 heteroatoms. The van der Waals surface area contributed by atoms with Crippen LogP contribution in [-0.2, 0) is 6.42 Å². The van der Waals surface area contributed by atoms with Crippen LogP contribution in [0, 0.1) is 11.3 Å². The van der Waals surface area contributed by atoms with Crippen LogP contribution in [0.5, 0.6) is 0 Å². The average molecular weight is 272 g/mol. The number of halogens is 1. The van der Waals surface area contributed by atoms with Crippen LogP contribution in [0.2, 0.25) is 0 Å². The van der Waals surface area contributed by atoms with Crippen molar-refractivity contribution < 1.29 is 0 Å². The summed E-state index contributed by atoms with van der Waals surface area (Å²) in [5.74, 6) is 0. The van der Waals surface area contributed by atoms with Crippen LogP contribution >= 0.6 is 15.9 Å². The van der Waals surface area contributed by atoms with Gasteiger partial charge in [0.1, 0.15) is 6.07 Å². The summed E-state index contributed by atoms with van der Waals surface area (Å²) in [5, 5.41) is 8.82. The van der Waals surface area contributed by atoms with Gasteiger partial charge in [-0.3, -0.25) is 0 Å². The molecule has 0 fully saturated rings. The first-order valence-electron chi connectivity index (χ1n) is 5.02. The number of hydrogen-bond acceptors (Lipinski definition) is 1. The number of nitrogens with zero attached hydrogens (tertiary/aromatic N) is 1. The minimum Gasteiger partial charge on any atom is -0.192 e. The van der Waals surface area contributed by atoms with E-state index in [4.69, 9.17) is 5.26 Å². The van der Waals surface area contributed by atoms with Crippen molar-refractivity contribution in [3.8, 4) is 6.07 Å². The Labute approximate surface area is 103 Å². The highest BCUT2D eigenvalue weighted by Gasteiger charge is 2.01. The lowest BCUT2D eigenvalue weighted by Crippen LogP contribution is -1.88. The maximum absolute atomic E-state index is 8.82. The van der Waals surface area contributed by atoms with Gasteiger partial charge in [0.2, 0.25) is 0 Å². The van der Waals surface area contributed by atoms with Crippen molar-refractivity contribution in [1.29, 1.82) is 5.26 Å². The van der Waals surface area contributed by atoms with Gasteiger partial charge in [0.05, 0.1) is 5.56 Å². The Balaban J connectivity index is 2.24. The topological polar surface area (TPSA) is 23.8 Å². The van der Waals surface area contributed by atoms with E-state index in [2.05, 4.69) is 34.1 Å². The van der Waals surface area contributed by atoms with Gasteiger partial charge in [-0.1, -0.05) is 36.4 Å². The predicted molar refractivity (Wildman–Crippen MR) is 68.1 cm³/mol. The molecule has 16 heavy (non-hydrogen) atoms. The molecule has 0 saturated carbocycles. The predicted octanol–water partition coefficient (Wildman–Crippen LogP) is 3.91. The zero-order chi connectivity index (χ0) is 11.4. The van der Waals surface area contributed by atoms with Crippen molar-refractivity contribution in [2.75, 3.05) is 0 Å². The third-order valence-corrected chi connectivity index (χ3v) is 3.06. The largest absolute Gasteiger partial charge is 0.192 e. The van der Waals surface area contributed by atoms with E-state index in [0.29, 0.717) is 5.56 Å². The summed E-state index contributed by atoms with van der Waals surface area (Å²) < 4.78 is 0.864. The van der Waals surface area contributed by atoms with E-state index in [0.717, 1.165) is 10.9 Å². The second kappa shape index (κ2) is 4.96. The smallest absolute Gasteiger partial charge is 0.100 e. The first kappa shape index (κ1) is 10.9. The fraction of sp³-hybridized carbons (Fsp3) is 0.0714. The molecule has 0 atom stereocenters. The highest BCUT2D eigenvalue weighted by molar-refractivity contribution is 9.10. The van der Waals surface area contributed by atoms with Crippen molar-refractivity contribution in [2.24, 2.45) is 0 Å². The lowest BCUT2D eigenvalue weighted by Gasteiger charge is -2.03. The van der Waals surface area contributed by atoms with Gasteiger partial charge in [-0.25, -0.2) is 0 Å². The molecule has 0 aromatic heterocycles. The third kappa shape index (κ3) is 2.50. The van der Waals surface area contributed by atoms with E-state index in [1.165, 1.54) is 11.1 Å². The van der Waals surface area contributed by atoms with Crippen molar-refractivity contribution >= 4 is 15.9 Å². The third-order valence-electron chi connectivity index (χ3n) is 2.41. The Kier molecular flexibility index (Phi) is 3.38.